The van der Waals surface area contributed by atoms with E-state index in [1.54, 1.807) is 13.2 Å². The Kier molecular flexibility index (Phi) is 7.18. The third-order valence-corrected chi connectivity index (χ3v) is 6.06. The highest BCUT2D eigenvalue weighted by Crippen LogP contribution is 2.34. The van der Waals surface area contributed by atoms with Crippen molar-refractivity contribution in [3.63, 3.8) is 0 Å². The number of methoxy groups -OCH3 is 1. The zero-order valence-electron chi connectivity index (χ0n) is 18.2. The van der Waals surface area contributed by atoms with Crippen LogP contribution in [0.1, 0.15) is 35.6 Å². The molecule has 0 bridgehead atoms. The Balaban J connectivity index is 1.41. The maximum Gasteiger partial charge on any atom is 0.122 e. The highest BCUT2D eigenvalue weighted by atomic mass is 16.5. The smallest absolute Gasteiger partial charge is 0.122 e. The summed E-state index contributed by atoms with van der Waals surface area (Å²) in [6.45, 7) is 4.38. The van der Waals surface area contributed by atoms with E-state index >= 15 is 0 Å². The van der Waals surface area contributed by atoms with Crippen LogP contribution in [0.25, 0.3) is 0 Å². The number of hydrogen-bond donors (Lipinski definition) is 1. The predicted octanol–water partition coefficient (Wildman–Crippen LogP) is 4.64. The Labute approximate surface area is 184 Å². The molecule has 31 heavy (non-hydrogen) atoms. The van der Waals surface area contributed by atoms with Crippen LogP contribution in [-0.2, 0) is 13.1 Å². The van der Waals surface area contributed by atoms with Crippen LogP contribution in [0.15, 0.2) is 72.9 Å². The van der Waals surface area contributed by atoms with Gasteiger partial charge in [-0.1, -0.05) is 42.5 Å². The molecule has 0 spiro atoms. The third-order valence-electron chi connectivity index (χ3n) is 6.06. The van der Waals surface area contributed by atoms with Crippen molar-refractivity contribution in [1.29, 1.82) is 0 Å². The number of para-hydroxylation sites is 2. The van der Waals surface area contributed by atoms with Gasteiger partial charge in [-0.2, -0.15) is 0 Å². The molecule has 0 unspecified atom stereocenters. The molecule has 0 saturated carbocycles. The van der Waals surface area contributed by atoms with Gasteiger partial charge in [0.1, 0.15) is 11.5 Å². The molecule has 1 saturated heterocycles. The molecule has 1 fully saturated rings. The van der Waals surface area contributed by atoms with Crippen LogP contribution in [0.5, 0.6) is 11.5 Å². The number of rotatable bonds is 8. The van der Waals surface area contributed by atoms with Crippen LogP contribution in [0.3, 0.4) is 0 Å². The molecule has 4 rings (SSSR count). The lowest BCUT2D eigenvalue weighted by molar-refractivity contribution is 0.0945. The molecule has 0 aliphatic carbocycles. The number of aromatic nitrogens is 1. The molecule has 5 nitrogen and oxygen atoms in total. The summed E-state index contributed by atoms with van der Waals surface area (Å²) in [6, 6.07) is 22.0. The number of phenols is 1. The normalized spacial score (nSPS) is 15.3. The molecular formula is C26H31N3O2. The highest BCUT2D eigenvalue weighted by molar-refractivity contribution is 5.36. The van der Waals surface area contributed by atoms with E-state index in [2.05, 4.69) is 39.0 Å². The van der Waals surface area contributed by atoms with Gasteiger partial charge >= 0.3 is 0 Å². The van der Waals surface area contributed by atoms with Gasteiger partial charge < -0.3 is 9.84 Å². The van der Waals surface area contributed by atoms with Crippen LogP contribution in [-0.4, -0.2) is 46.8 Å². The van der Waals surface area contributed by atoms with Crippen molar-refractivity contribution in [1.82, 2.24) is 14.8 Å². The second-order valence-electron chi connectivity index (χ2n) is 8.21. The van der Waals surface area contributed by atoms with E-state index in [-0.39, 0.29) is 0 Å². The van der Waals surface area contributed by atoms with Crippen LogP contribution in [0.4, 0.5) is 0 Å². The Morgan fingerprint density at radius 3 is 2.45 bits per heavy atom. The second kappa shape index (κ2) is 10.4. The number of phenolic OH excluding ortho intramolecular Hbond substituents is 1. The summed E-state index contributed by atoms with van der Waals surface area (Å²) in [7, 11) is 1.75. The monoisotopic (exact) mass is 417 g/mol. The lowest BCUT2D eigenvalue weighted by atomic mass is 9.89. The Morgan fingerprint density at radius 2 is 1.71 bits per heavy atom. The van der Waals surface area contributed by atoms with E-state index in [0.29, 0.717) is 18.2 Å². The van der Waals surface area contributed by atoms with Gasteiger partial charge in [0.25, 0.3) is 0 Å². The Bertz CT molecular complexity index is 956. The van der Waals surface area contributed by atoms with E-state index < -0.39 is 0 Å². The first-order valence-corrected chi connectivity index (χ1v) is 11.0. The topological polar surface area (TPSA) is 48.8 Å². The number of nitrogens with zero attached hydrogens (tertiary/aromatic N) is 3. The van der Waals surface area contributed by atoms with E-state index in [1.807, 2.05) is 42.6 Å². The number of hydrogen-bond acceptors (Lipinski definition) is 5. The Hall–Kier alpha value is -2.89. The van der Waals surface area contributed by atoms with Crippen LogP contribution in [0, 0.1) is 0 Å². The zero-order valence-corrected chi connectivity index (χ0v) is 18.2. The molecule has 1 aliphatic heterocycles. The van der Waals surface area contributed by atoms with Gasteiger partial charge in [0.05, 0.1) is 19.5 Å². The van der Waals surface area contributed by atoms with Crippen molar-refractivity contribution in [2.75, 3.05) is 26.9 Å². The first-order chi connectivity index (χ1) is 15.2. The standard InChI is InChI=1S/C26H31N3O2/c1-31-26-12-5-3-10-24(26)21-13-16-28(17-14-21)20-29(19-23-9-6-7-15-27-23)18-22-8-2-4-11-25(22)30/h2-12,15,21,30H,13-14,16-20H2,1H3. The van der Waals surface area contributed by atoms with Gasteiger partial charge in [0, 0.05) is 24.8 Å². The number of benzene rings is 2. The predicted molar refractivity (Wildman–Crippen MR) is 123 cm³/mol. The molecular weight excluding hydrogens is 386 g/mol. The van der Waals surface area contributed by atoms with Crippen molar-refractivity contribution in [2.24, 2.45) is 0 Å². The van der Waals surface area contributed by atoms with Gasteiger partial charge in [0.2, 0.25) is 0 Å². The number of likely N-dealkylation sites (tertiary alicyclic amines) is 1. The third kappa shape index (κ3) is 5.63. The number of pyridine rings is 1. The first kappa shape index (κ1) is 21.3. The quantitative estimate of drug-likeness (QED) is 0.579. The van der Waals surface area contributed by atoms with Gasteiger partial charge in [0.15, 0.2) is 0 Å². The van der Waals surface area contributed by atoms with E-state index in [1.165, 1.54) is 5.56 Å². The molecule has 3 aromatic rings. The highest BCUT2D eigenvalue weighted by Gasteiger charge is 2.24. The van der Waals surface area contributed by atoms with Gasteiger partial charge in [-0.15, -0.1) is 0 Å². The molecule has 0 amide bonds. The lowest BCUT2D eigenvalue weighted by Crippen LogP contribution is -2.41. The molecule has 1 aromatic heterocycles. The molecule has 162 valence electrons. The van der Waals surface area contributed by atoms with Crippen molar-refractivity contribution in [3.05, 3.63) is 89.7 Å². The van der Waals surface area contributed by atoms with E-state index in [4.69, 9.17) is 4.74 Å². The van der Waals surface area contributed by atoms with Crippen molar-refractivity contribution in [2.45, 2.75) is 31.8 Å². The summed E-state index contributed by atoms with van der Waals surface area (Å²) in [5.74, 6) is 1.88. The average molecular weight is 418 g/mol. The number of aromatic hydroxyl groups is 1. The molecule has 2 aromatic carbocycles. The minimum Gasteiger partial charge on any atom is -0.508 e. The number of piperidine rings is 1. The minimum atomic E-state index is 0.350. The fourth-order valence-corrected chi connectivity index (χ4v) is 4.43. The molecule has 1 N–H and O–H groups in total. The van der Waals surface area contributed by atoms with Crippen LogP contribution in [0.2, 0.25) is 0 Å². The summed E-state index contributed by atoms with van der Waals surface area (Å²) in [5, 5.41) is 10.3. The molecule has 2 heterocycles. The summed E-state index contributed by atoms with van der Waals surface area (Å²) in [4.78, 5) is 9.38. The zero-order chi connectivity index (χ0) is 21.5. The molecule has 5 heteroatoms. The van der Waals surface area contributed by atoms with E-state index in [9.17, 15) is 5.11 Å². The summed E-state index contributed by atoms with van der Waals surface area (Å²) >= 11 is 0. The molecule has 0 atom stereocenters. The number of ether oxygens (including phenoxy) is 1. The average Bonchev–Trinajstić information content (AvgIpc) is 2.82. The van der Waals surface area contributed by atoms with Gasteiger partial charge in [-0.25, -0.2) is 0 Å². The fourth-order valence-electron chi connectivity index (χ4n) is 4.43. The maximum absolute atomic E-state index is 10.3. The summed E-state index contributed by atoms with van der Waals surface area (Å²) < 4.78 is 5.58. The lowest BCUT2D eigenvalue weighted by Gasteiger charge is -2.36. The van der Waals surface area contributed by atoms with Crippen molar-refractivity contribution >= 4 is 0 Å². The largest absolute Gasteiger partial charge is 0.508 e. The van der Waals surface area contributed by atoms with Gasteiger partial charge in [-0.3, -0.25) is 14.8 Å². The van der Waals surface area contributed by atoms with Crippen LogP contribution < -0.4 is 4.74 Å². The Morgan fingerprint density at radius 1 is 0.968 bits per heavy atom. The summed E-state index contributed by atoms with van der Waals surface area (Å²) in [5.41, 5.74) is 3.31. The maximum atomic E-state index is 10.3. The van der Waals surface area contributed by atoms with Gasteiger partial charge in [-0.05, 0) is 61.7 Å². The van der Waals surface area contributed by atoms with E-state index in [0.717, 1.165) is 56.2 Å². The molecule has 0 radical (unpaired) electrons. The van der Waals surface area contributed by atoms with Crippen molar-refractivity contribution in [3.8, 4) is 11.5 Å². The SMILES string of the molecule is COc1ccccc1C1CCN(CN(Cc2ccccn2)Cc2ccccc2O)CC1. The summed E-state index contributed by atoms with van der Waals surface area (Å²) in [6.07, 6.45) is 4.08. The van der Waals surface area contributed by atoms with Crippen molar-refractivity contribution < 1.29 is 9.84 Å². The first-order valence-electron chi connectivity index (χ1n) is 11.0. The fraction of sp³-hybridized carbons (Fsp3) is 0.346. The molecule has 1 aliphatic rings. The second-order valence-corrected chi connectivity index (χ2v) is 8.21. The minimum absolute atomic E-state index is 0.350. The van der Waals surface area contributed by atoms with Crippen LogP contribution >= 0.6 is 0 Å².